The molecule has 0 saturated carbocycles. The normalized spacial score (nSPS) is 26.3. The Morgan fingerprint density at radius 2 is 1.27 bits per heavy atom. The van der Waals surface area contributed by atoms with Crippen molar-refractivity contribution in [1.82, 2.24) is 0 Å². The van der Waals surface area contributed by atoms with Crippen molar-refractivity contribution < 1.29 is 52.3 Å². The van der Waals surface area contributed by atoms with E-state index in [1.165, 1.54) is 43.3 Å². The third kappa shape index (κ3) is 7.65. The summed E-state index contributed by atoms with van der Waals surface area (Å²) >= 11 is 0. The highest BCUT2D eigenvalue weighted by molar-refractivity contribution is 5.96. The van der Waals surface area contributed by atoms with Gasteiger partial charge in [0.25, 0.3) is 0 Å². The zero-order valence-electron chi connectivity index (χ0n) is 29.7. The van der Waals surface area contributed by atoms with Crippen molar-refractivity contribution in [2.45, 2.75) is 84.3 Å². The Balaban J connectivity index is 0.000000198. The second-order valence-corrected chi connectivity index (χ2v) is 14.3. The summed E-state index contributed by atoms with van der Waals surface area (Å²) in [5.74, 6) is -0.831. The summed E-state index contributed by atoms with van der Waals surface area (Å²) in [5, 5.41) is 19.8. The summed E-state index contributed by atoms with van der Waals surface area (Å²) in [4.78, 5) is 36.0. The minimum atomic E-state index is -0.860. The molecule has 0 aromatic heterocycles. The maximum absolute atomic E-state index is 14.3. The number of carbonyl (C=O) groups is 3. The molecule has 2 saturated heterocycles. The minimum Gasteiger partial charge on any atom is -0.508 e. The van der Waals surface area contributed by atoms with Crippen molar-refractivity contribution in [3.63, 3.8) is 0 Å². The molecule has 11 heteroatoms. The molecule has 2 aliphatic carbocycles. The highest BCUT2D eigenvalue weighted by Gasteiger charge is 2.53. The van der Waals surface area contributed by atoms with Gasteiger partial charge >= 0.3 is 0 Å². The lowest BCUT2D eigenvalue weighted by atomic mass is 9.71. The molecule has 0 amide bonds. The molecule has 274 valence electrons. The number of ketones is 3. The van der Waals surface area contributed by atoms with Gasteiger partial charge in [-0.2, -0.15) is 0 Å². The topological polar surface area (TPSA) is 129 Å². The van der Waals surface area contributed by atoms with Gasteiger partial charge < -0.3 is 34.0 Å². The van der Waals surface area contributed by atoms with Crippen molar-refractivity contribution in [3.05, 3.63) is 94.5 Å². The molecule has 6 rings (SSSR count). The average Bonchev–Trinajstić information content (AvgIpc) is 3.68. The van der Waals surface area contributed by atoms with E-state index in [0.29, 0.717) is 65.9 Å². The number of carbonyl (C=O) groups excluding carboxylic acids is 3. The molecule has 2 aromatic rings. The van der Waals surface area contributed by atoms with Gasteiger partial charge in [0.2, 0.25) is 0 Å². The minimum absolute atomic E-state index is 0.0161. The molecule has 4 aliphatic rings. The maximum atomic E-state index is 14.3. The second-order valence-electron chi connectivity index (χ2n) is 14.3. The predicted molar refractivity (Wildman–Crippen MR) is 183 cm³/mol. The first-order valence-electron chi connectivity index (χ1n) is 17.2. The summed E-state index contributed by atoms with van der Waals surface area (Å²) in [5.41, 5.74) is 0.183. The van der Waals surface area contributed by atoms with Crippen LogP contribution in [0.2, 0.25) is 0 Å². The van der Waals surface area contributed by atoms with Gasteiger partial charge in [-0.25, -0.2) is 8.78 Å². The number of hydrogen-bond acceptors (Lipinski definition) is 9. The van der Waals surface area contributed by atoms with Gasteiger partial charge in [0.05, 0.1) is 0 Å². The van der Waals surface area contributed by atoms with Crippen molar-refractivity contribution in [3.8, 4) is 11.5 Å². The summed E-state index contributed by atoms with van der Waals surface area (Å²) in [7, 11) is 0. The Morgan fingerprint density at radius 3 is 1.71 bits per heavy atom. The van der Waals surface area contributed by atoms with Crippen LogP contribution in [0.5, 0.6) is 11.5 Å². The van der Waals surface area contributed by atoms with Crippen molar-refractivity contribution in [2.75, 3.05) is 13.6 Å². The largest absolute Gasteiger partial charge is 0.508 e. The molecule has 2 N–H and O–H groups in total. The maximum Gasteiger partial charge on any atom is 0.189 e. The van der Waals surface area contributed by atoms with E-state index in [1.54, 1.807) is 19.9 Å². The third-order valence-corrected chi connectivity index (χ3v) is 10.7. The second kappa shape index (κ2) is 15.1. The predicted octanol–water partition coefficient (Wildman–Crippen LogP) is 7.02. The molecule has 2 aliphatic heterocycles. The zero-order chi connectivity index (χ0) is 37.2. The summed E-state index contributed by atoms with van der Waals surface area (Å²) in [6.45, 7) is 12.4. The molecule has 9 nitrogen and oxygen atoms in total. The van der Waals surface area contributed by atoms with Gasteiger partial charge in [0, 0.05) is 30.4 Å². The fourth-order valence-electron chi connectivity index (χ4n) is 7.66. The Labute approximate surface area is 296 Å². The number of phenols is 2. The number of Topliss-reactive ketones (excluding diaryl/α,β-unsaturated/α-hetero) is 1. The average molecular weight is 709 g/mol. The first kappa shape index (κ1) is 37.9. The van der Waals surface area contributed by atoms with E-state index in [9.17, 15) is 33.4 Å². The van der Waals surface area contributed by atoms with Crippen molar-refractivity contribution in [1.29, 1.82) is 0 Å². The van der Waals surface area contributed by atoms with Crippen molar-refractivity contribution in [2.24, 2.45) is 23.7 Å². The van der Waals surface area contributed by atoms with Crippen LogP contribution in [-0.2, 0) is 46.2 Å². The molecule has 2 heterocycles. The Bertz CT molecular complexity index is 1780. The lowest BCUT2D eigenvalue weighted by Crippen LogP contribution is -2.45. The van der Waals surface area contributed by atoms with Gasteiger partial charge in [0.1, 0.15) is 51.6 Å². The van der Waals surface area contributed by atoms with Gasteiger partial charge in [-0.1, -0.05) is 19.9 Å². The summed E-state index contributed by atoms with van der Waals surface area (Å²) in [6.07, 6.45) is 6.89. The molecule has 0 radical (unpaired) electrons. The number of aromatic hydroxyl groups is 2. The molecule has 2 fully saturated rings. The SMILES string of the molecule is C=CC[C@H]1C[C@]2([C@@H](C)Cc3cc(O)c(C)cc3F)OCOC2=CC1=O.CC(=O)C[C@H]1C[C@]2([C@@H](C)Cc3cc(O)c(C)cc3F)OCOC2=CC1=O. The number of aryl methyl sites for hydroxylation is 2. The lowest BCUT2D eigenvalue weighted by Gasteiger charge is -2.38. The summed E-state index contributed by atoms with van der Waals surface area (Å²) in [6, 6.07) is 5.54. The molecule has 0 spiro atoms. The molecule has 51 heavy (non-hydrogen) atoms. The van der Waals surface area contributed by atoms with E-state index in [2.05, 4.69) is 6.58 Å². The number of fused-ring (bicyclic) bond motifs is 2. The van der Waals surface area contributed by atoms with Gasteiger partial charge in [-0.05, 0) is 111 Å². The first-order valence-corrected chi connectivity index (χ1v) is 17.2. The van der Waals surface area contributed by atoms with E-state index < -0.39 is 17.1 Å². The molecule has 0 unspecified atom stereocenters. The monoisotopic (exact) mass is 708 g/mol. The smallest absolute Gasteiger partial charge is 0.189 e. The van der Waals surface area contributed by atoms with Gasteiger partial charge in [-0.15, -0.1) is 6.58 Å². The Hall–Kier alpha value is -4.35. The number of hydrogen-bond donors (Lipinski definition) is 2. The number of ether oxygens (including phenoxy) is 4. The zero-order valence-corrected chi connectivity index (χ0v) is 29.7. The third-order valence-electron chi connectivity index (χ3n) is 10.7. The molecule has 0 bridgehead atoms. The van der Waals surface area contributed by atoms with Crippen LogP contribution in [0.25, 0.3) is 0 Å². The van der Waals surface area contributed by atoms with Crippen LogP contribution < -0.4 is 0 Å². The highest BCUT2D eigenvalue weighted by atomic mass is 19.1. The first-order chi connectivity index (χ1) is 24.1. The molecular weight excluding hydrogens is 662 g/mol. The standard InChI is InChI=1S/C20H23FO5.C20H23FO4/c1-11-4-16(21)14(7-17(11)23)5-12(2)20-9-15(6-13(3)22)18(24)8-19(20)25-10-26-20;1-4-5-14-10-20(19(9-18(14)23)24-11-25-20)13(3)7-15-8-17(22)12(2)6-16(15)21/h4,7-8,12,15,23H,5-6,9-10H2,1-3H3;4,6,8-9,13-14,22H,1,5,7,10-11H2,2-3H3/t12-,15-,20+;13-,14-,20+/m00/s1. The van der Waals surface area contributed by atoms with Crippen LogP contribution in [0, 0.1) is 49.2 Å². The van der Waals surface area contributed by atoms with Crippen LogP contribution in [0.1, 0.15) is 68.7 Å². The highest BCUT2D eigenvalue weighted by Crippen LogP contribution is 2.48. The van der Waals surface area contributed by atoms with E-state index in [0.717, 1.165) is 0 Å². The van der Waals surface area contributed by atoms with E-state index in [-0.39, 0.29) is 78.2 Å². The van der Waals surface area contributed by atoms with Gasteiger partial charge in [0.15, 0.2) is 25.2 Å². The van der Waals surface area contributed by atoms with E-state index in [1.807, 2.05) is 13.8 Å². The fraction of sp³-hybridized carbons (Fsp3) is 0.475. The fourth-order valence-corrected chi connectivity index (χ4v) is 7.66. The number of allylic oxidation sites excluding steroid dienone is 3. The van der Waals surface area contributed by atoms with E-state index in [4.69, 9.17) is 18.9 Å². The Morgan fingerprint density at radius 1 is 0.843 bits per heavy atom. The quantitative estimate of drug-likeness (QED) is 0.250. The van der Waals surface area contributed by atoms with Crippen molar-refractivity contribution >= 4 is 17.3 Å². The van der Waals surface area contributed by atoms with Crippen LogP contribution in [0.15, 0.2) is 60.6 Å². The molecule has 2 aromatic carbocycles. The molecular formula is C40H46F2O9. The lowest BCUT2D eigenvalue weighted by molar-refractivity contribution is -0.128. The van der Waals surface area contributed by atoms with Crippen LogP contribution in [0.3, 0.4) is 0 Å². The summed E-state index contributed by atoms with van der Waals surface area (Å²) < 4.78 is 51.5. The van der Waals surface area contributed by atoms with Crippen LogP contribution in [-0.4, -0.2) is 52.4 Å². The van der Waals surface area contributed by atoms with Gasteiger partial charge in [-0.3, -0.25) is 9.59 Å². The Kier molecular flexibility index (Phi) is 11.2. The number of benzene rings is 2. The van der Waals surface area contributed by atoms with Crippen LogP contribution >= 0.6 is 0 Å². The van der Waals surface area contributed by atoms with Crippen LogP contribution in [0.4, 0.5) is 8.78 Å². The molecule has 6 atom stereocenters. The number of phenolic OH excluding ortho intramolecular Hbond substituents is 2. The van der Waals surface area contributed by atoms with E-state index >= 15 is 0 Å². The number of halogens is 2. The number of rotatable bonds is 10.